The number of carbonyl (C=O) groups is 1. The average Bonchev–Trinajstić information content (AvgIpc) is 3.20. The number of anilines is 1. The summed E-state index contributed by atoms with van der Waals surface area (Å²) in [6.07, 6.45) is 15.0. The van der Waals surface area contributed by atoms with E-state index in [1.165, 1.54) is 63.1 Å². The molecule has 0 spiro atoms. The SMILES string of the molecule is CCCCCCCCCCCCN1C(=O)C(=Cc2c(C)c(C#N)c(=O)n(CCC)c2N2CCOCC2)SC1=S. The lowest BCUT2D eigenvalue weighted by Gasteiger charge is -2.33. The number of morpholine rings is 1. The topological polar surface area (TPSA) is 78.6 Å². The van der Waals surface area contributed by atoms with Crippen LogP contribution in [0.3, 0.4) is 0 Å². The lowest BCUT2D eigenvalue weighted by atomic mass is 10.0. The normalized spacial score (nSPS) is 16.9. The van der Waals surface area contributed by atoms with Gasteiger partial charge in [-0.15, -0.1) is 0 Å². The Kier molecular flexibility index (Phi) is 13.0. The Morgan fingerprint density at radius 1 is 0.949 bits per heavy atom. The molecular formula is C30H44N4O3S2. The second kappa shape index (κ2) is 16.2. The smallest absolute Gasteiger partial charge is 0.270 e. The monoisotopic (exact) mass is 572 g/mol. The second-order valence-electron chi connectivity index (χ2n) is 10.4. The quantitative estimate of drug-likeness (QED) is 0.137. The van der Waals surface area contributed by atoms with E-state index in [2.05, 4.69) is 17.9 Å². The summed E-state index contributed by atoms with van der Waals surface area (Å²) in [5.41, 5.74) is 1.22. The van der Waals surface area contributed by atoms with Crippen LogP contribution in [0, 0.1) is 18.3 Å². The number of aromatic nitrogens is 1. The summed E-state index contributed by atoms with van der Waals surface area (Å²) in [6, 6.07) is 2.11. The third-order valence-corrected chi connectivity index (χ3v) is 8.87. The highest BCUT2D eigenvalue weighted by atomic mass is 32.2. The third kappa shape index (κ3) is 8.18. The van der Waals surface area contributed by atoms with Gasteiger partial charge in [-0.2, -0.15) is 5.26 Å². The van der Waals surface area contributed by atoms with Crippen LogP contribution in [0.1, 0.15) is 101 Å². The van der Waals surface area contributed by atoms with Crippen molar-refractivity contribution in [1.82, 2.24) is 9.47 Å². The van der Waals surface area contributed by atoms with E-state index in [1.54, 1.807) is 16.4 Å². The molecule has 3 rings (SSSR count). The van der Waals surface area contributed by atoms with E-state index in [4.69, 9.17) is 17.0 Å². The molecule has 7 nitrogen and oxygen atoms in total. The minimum absolute atomic E-state index is 0.0833. The molecule has 0 bridgehead atoms. The van der Waals surface area contributed by atoms with Crippen LogP contribution >= 0.6 is 24.0 Å². The number of thiocarbonyl (C=S) groups is 1. The van der Waals surface area contributed by atoms with Gasteiger partial charge in [0.2, 0.25) is 0 Å². The number of nitrogens with zero attached hydrogens (tertiary/aromatic N) is 4. The number of thioether (sulfide) groups is 1. The molecule has 3 heterocycles. The number of amides is 1. The summed E-state index contributed by atoms with van der Waals surface area (Å²) in [5.74, 6) is 0.682. The number of carbonyl (C=O) groups excluding carboxylic acids is 1. The predicted molar refractivity (Wildman–Crippen MR) is 165 cm³/mol. The van der Waals surface area contributed by atoms with E-state index in [9.17, 15) is 14.9 Å². The van der Waals surface area contributed by atoms with E-state index in [1.807, 2.05) is 13.0 Å². The van der Waals surface area contributed by atoms with E-state index in [0.717, 1.165) is 30.6 Å². The Balaban J connectivity index is 1.74. The highest BCUT2D eigenvalue weighted by Gasteiger charge is 2.33. The van der Waals surface area contributed by atoms with Gasteiger partial charge in [0, 0.05) is 31.7 Å². The minimum atomic E-state index is -0.274. The number of rotatable bonds is 15. The summed E-state index contributed by atoms with van der Waals surface area (Å²) in [5, 5.41) is 9.82. The number of hydrogen-bond acceptors (Lipinski definition) is 7. The largest absolute Gasteiger partial charge is 0.378 e. The first-order valence-corrected chi connectivity index (χ1v) is 15.9. The van der Waals surface area contributed by atoms with E-state index >= 15 is 0 Å². The average molecular weight is 573 g/mol. The molecule has 0 unspecified atom stereocenters. The Bertz CT molecular complexity index is 1130. The molecule has 2 saturated heterocycles. The van der Waals surface area contributed by atoms with E-state index < -0.39 is 0 Å². The van der Waals surface area contributed by atoms with Gasteiger partial charge in [-0.05, 0) is 31.4 Å². The predicted octanol–water partition coefficient (Wildman–Crippen LogP) is 6.40. The zero-order valence-corrected chi connectivity index (χ0v) is 25.6. The van der Waals surface area contributed by atoms with Gasteiger partial charge in [0.1, 0.15) is 21.8 Å². The van der Waals surface area contributed by atoms with Gasteiger partial charge < -0.3 is 9.64 Å². The van der Waals surface area contributed by atoms with Crippen molar-refractivity contribution in [2.75, 3.05) is 37.7 Å². The molecule has 9 heteroatoms. The van der Waals surface area contributed by atoms with Crippen molar-refractivity contribution in [2.24, 2.45) is 0 Å². The van der Waals surface area contributed by atoms with Crippen LogP contribution in [0.15, 0.2) is 9.70 Å². The van der Waals surface area contributed by atoms with Gasteiger partial charge in [-0.3, -0.25) is 19.1 Å². The van der Waals surface area contributed by atoms with Crippen molar-refractivity contribution in [3.63, 3.8) is 0 Å². The van der Waals surface area contributed by atoms with E-state index in [0.29, 0.717) is 54.2 Å². The lowest BCUT2D eigenvalue weighted by Crippen LogP contribution is -2.41. The first-order chi connectivity index (χ1) is 18.9. The Hall–Kier alpha value is -2.15. The third-order valence-electron chi connectivity index (χ3n) is 7.49. The van der Waals surface area contributed by atoms with Crippen LogP contribution in [0.4, 0.5) is 5.82 Å². The van der Waals surface area contributed by atoms with E-state index in [-0.39, 0.29) is 17.0 Å². The Morgan fingerprint density at radius 3 is 2.15 bits per heavy atom. The summed E-state index contributed by atoms with van der Waals surface area (Å²) in [6.45, 7) is 9.63. The van der Waals surface area contributed by atoms with Gasteiger partial charge in [0.05, 0.1) is 18.1 Å². The molecule has 0 aliphatic carbocycles. The van der Waals surface area contributed by atoms with Crippen LogP contribution < -0.4 is 10.5 Å². The van der Waals surface area contributed by atoms with Gasteiger partial charge in [-0.1, -0.05) is 95.6 Å². The highest BCUT2D eigenvalue weighted by molar-refractivity contribution is 8.26. The van der Waals surface area contributed by atoms with Crippen LogP contribution in [-0.4, -0.2) is 52.5 Å². The molecule has 0 N–H and O–H groups in total. The molecule has 1 aromatic heterocycles. The zero-order chi connectivity index (χ0) is 28.2. The van der Waals surface area contributed by atoms with Crippen LogP contribution in [0.2, 0.25) is 0 Å². The highest BCUT2D eigenvalue weighted by Crippen LogP contribution is 2.36. The molecule has 39 heavy (non-hydrogen) atoms. The number of hydrogen-bond donors (Lipinski definition) is 0. The Morgan fingerprint density at radius 2 is 1.56 bits per heavy atom. The van der Waals surface area contributed by atoms with Crippen molar-refractivity contribution < 1.29 is 9.53 Å². The summed E-state index contributed by atoms with van der Waals surface area (Å²) in [4.78, 5) is 31.1. The second-order valence-corrected chi connectivity index (χ2v) is 12.1. The van der Waals surface area contributed by atoms with Crippen molar-refractivity contribution in [1.29, 1.82) is 5.26 Å². The number of pyridine rings is 1. The van der Waals surface area contributed by atoms with Gasteiger partial charge in [0.25, 0.3) is 11.5 Å². The maximum absolute atomic E-state index is 13.4. The maximum atomic E-state index is 13.4. The summed E-state index contributed by atoms with van der Waals surface area (Å²) in [7, 11) is 0. The van der Waals surface area contributed by atoms with Crippen molar-refractivity contribution in [2.45, 2.75) is 97.9 Å². The Labute approximate surface area is 243 Å². The minimum Gasteiger partial charge on any atom is -0.378 e. The molecule has 2 aliphatic rings. The lowest BCUT2D eigenvalue weighted by molar-refractivity contribution is -0.122. The fourth-order valence-electron chi connectivity index (χ4n) is 5.27. The maximum Gasteiger partial charge on any atom is 0.270 e. The van der Waals surface area contributed by atoms with Crippen LogP contribution in [0.5, 0.6) is 0 Å². The number of ether oxygens (including phenoxy) is 1. The molecular weight excluding hydrogens is 528 g/mol. The fourth-order valence-corrected chi connectivity index (χ4v) is 6.56. The number of nitriles is 1. The fraction of sp³-hybridized carbons (Fsp3) is 0.667. The van der Waals surface area contributed by atoms with Gasteiger partial charge >= 0.3 is 0 Å². The molecule has 0 saturated carbocycles. The first-order valence-electron chi connectivity index (χ1n) is 14.7. The van der Waals surface area contributed by atoms with Crippen molar-refractivity contribution >= 4 is 46.1 Å². The van der Waals surface area contributed by atoms with Crippen LogP contribution in [-0.2, 0) is 16.1 Å². The zero-order valence-electron chi connectivity index (χ0n) is 23.9. The first kappa shape index (κ1) is 31.4. The van der Waals surface area contributed by atoms with Crippen molar-refractivity contribution in [3.05, 3.63) is 31.9 Å². The molecule has 214 valence electrons. The van der Waals surface area contributed by atoms with Gasteiger partial charge in [-0.25, -0.2) is 0 Å². The summed E-state index contributed by atoms with van der Waals surface area (Å²) >= 11 is 6.92. The molecule has 2 aliphatic heterocycles. The van der Waals surface area contributed by atoms with Gasteiger partial charge in [0.15, 0.2) is 0 Å². The molecule has 0 radical (unpaired) electrons. The molecule has 1 aromatic rings. The molecule has 0 atom stereocenters. The standard InChI is InChI=1S/C30H44N4O3S2/c1-4-6-7-8-9-10-11-12-13-14-16-34-29(36)26(39-30(34)38)21-24-23(3)25(22-31)28(35)33(15-5-2)27(24)32-17-19-37-20-18-32/h21H,4-20H2,1-3H3. The summed E-state index contributed by atoms with van der Waals surface area (Å²) < 4.78 is 7.83. The number of unbranched alkanes of at least 4 members (excludes halogenated alkanes) is 9. The van der Waals surface area contributed by atoms with Crippen molar-refractivity contribution in [3.8, 4) is 6.07 Å². The van der Waals surface area contributed by atoms with Crippen LogP contribution in [0.25, 0.3) is 6.08 Å². The molecule has 1 amide bonds. The molecule has 2 fully saturated rings. The molecule has 0 aromatic carbocycles.